The van der Waals surface area contributed by atoms with E-state index in [4.69, 9.17) is 0 Å². The molecule has 0 radical (unpaired) electrons. The van der Waals surface area contributed by atoms with Gasteiger partial charge in [-0.1, -0.05) is 103 Å². The summed E-state index contributed by atoms with van der Waals surface area (Å²) in [4.78, 5) is 2.62. The molecule has 0 amide bonds. The third-order valence-electron chi connectivity index (χ3n) is 7.16. The fraction of sp³-hybridized carbons (Fsp3) is 0. The summed E-state index contributed by atoms with van der Waals surface area (Å²) in [6.45, 7) is 0. The molecule has 0 bridgehead atoms. The monoisotopic (exact) mass is 449 g/mol. The fourth-order valence-corrected chi connectivity index (χ4v) is 6.94. The van der Waals surface area contributed by atoms with Crippen molar-refractivity contribution in [2.75, 3.05) is 0 Å². The minimum atomic E-state index is 1.25. The van der Waals surface area contributed by atoms with Gasteiger partial charge in [0.05, 0.1) is 11.0 Å². The summed E-state index contributed by atoms with van der Waals surface area (Å²) in [5, 5.41) is 7.99. The Kier molecular flexibility index (Phi) is 3.60. The van der Waals surface area contributed by atoms with E-state index in [1.165, 1.54) is 69.7 Å². The second-order valence-corrected chi connectivity index (χ2v) is 9.99. The molecule has 0 unspecified atom stereocenters. The molecule has 1 nitrogen and oxygen atoms in total. The molecule has 158 valence electrons. The van der Waals surface area contributed by atoms with E-state index in [0.717, 1.165) is 0 Å². The lowest BCUT2D eigenvalue weighted by atomic mass is 9.97. The highest BCUT2D eigenvalue weighted by atomic mass is 32.1. The van der Waals surface area contributed by atoms with Crippen molar-refractivity contribution >= 4 is 59.5 Å². The maximum absolute atomic E-state index is 2.51. The molecule has 3 heterocycles. The van der Waals surface area contributed by atoms with Crippen LogP contribution in [0.1, 0.15) is 0 Å². The van der Waals surface area contributed by atoms with E-state index < -0.39 is 0 Å². The lowest BCUT2D eigenvalue weighted by Crippen LogP contribution is -1.88. The average molecular weight is 450 g/mol. The Morgan fingerprint density at radius 2 is 1.29 bits per heavy atom. The van der Waals surface area contributed by atoms with E-state index >= 15 is 0 Å². The van der Waals surface area contributed by atoms with Crippen molar-refractivity contribution in [3.63, 3.8) is 0 Å². The molecule has 0 aliphatic heterocycles. The molecule has 0 saturated carbocycles. The highest BCUT2D eigenvalue weighted by Gasteiger charge is 2.20. The topological polar surface area (TPSA) is 4.41 Å². The summed E-state index contributed by atoms with van der Waals surface area (Å²) in [6, 6.07) is 42.0. The number of pyridine rings is 1. The lowest BCUT2D eigenvalue weighted by Gasteiger charge is -2.09. The number of hydrogen-bond acceptors (Lipinski definition) is 1. The summed E-state index contributed by atoms with van der Waals surface area (Å²) in [5.41, 5.74) is 6.44. The number of rotatable bonds is 2. The molecule has 0 spiro atoms. The van der Waals surface area contributed by atoms with Gasteiger partial charge in [-0.2, -0.15) is 0 Å². The van der Waals surface area contributed by atoms with Crippen molar-refractivity contribution < 1.29 is 0 Å². The molecular weight excluding hydrogens is 430 g/mol. The number of nitrogens with zero attached hydrogens (tertiary/aromatic N) is 1. The maximum atomic E-state index is 2.51. The molecule has 0 fully saturated rings. The van der Waals surface area contributed by atoms with Gasteiger partial charge < -0.3 is 0 Å². The molecule has 3 aromatic heterocycles. The minimum absolute atomic E-state index is 1.25. The highest BCUT2D eigenvalue weighted by molar-refractivity contribution is 7.22. The first kappa shape index (κ1) is 18.3. The van der Waals surface area contributed by atoms with Crippen molar-refractivity contribution in [2.45, 2.75) is 0 Å². The molecular formula is C32H19NS. The van der Waals surface area contributed by atoms with Crippen LogP contribution in [0, 0.1) is 0 Å². The predicted molar refractivity (Wildman–Crippen MR) is 147 cm³/mol. The molecule has 8 aromatic rings. The first-order valence-electron chi connectivity index (χ1n) is 11.6. The Balaban J connectivity index is 1.56. The fourth-order valence-electron chi connectivity index (χ4n) is 5.70. The summed E-state index contributed by atoms with van der Waals surface area (Å²) >= 11 is 1.90. The van der Waals surface area contributed by atoms with Gasteiger partial charge in [-0.05, 0) is 39.6 Å². The summed E-state index contributed by atoms with van der Waals surface area (Å²) in [5.74, 6) is 0. The summed E-state index contributed by atoms with van der Waals surface area (Å²) < 4.78 is 2.51. The zero-order chi connectivity index (χ0) is 22.2. The zero-order valence-electron chi connectivity index (χ0n) is 18.3. The Labute approximate surface area is 200 Å². The van der Waals surface area contributed by atoms with Crippen molar-refractivity contribution in [2.24, 2.45) is 0 Å². The third kappa shape index (κ3) is 2.33. The van der Waals surface area contributed by atoms with Gasteiger partial charge in [-0.3, -0.25) is 4.40 Å². The smallest absolute Gasteiger partial charge is 0.109 e. The van der Waals surface area contributed by atoms with Crippen LogP contribution in [0.5, 0.6) is 0 Å². The number of para-hydroxylation sites is 1. The average Bonchev–Trinajstić information content (AvgIpc) is 3.49. The normalized spacial score (nSPS) is 12.1. The van der Waals surface area contributed by atoms with E-state index in [2.05, 4.69) is 120 Å². The van der Waals surface area contributed by atoms with Gasteiger partial charge >= 0.3 is 0 Å². The van der Waals surface area contributed by atoms with Crippen LogP contribution < -0.4 is 0 Å². The van der Waals surface area contributed by atoms with Crippen LogP contribution in [-0.4, -0.2) is 4.40 Å². The van der Waals surface area contributed by atoms with Gasteiger partial charge in [0.2, 0.25) is 0 Å². The molecule has 0 aliphatic carbocycles. The van der Waals surface area contributed by atoms with Crippen LogP contribution in [0.2, 0.25) is 0 Å². The first-order chi connectivity index (χ1) is 16.9. The summed E-state index contributed by atoms with van der Waals surface area (Å²) in [7, 11) is 0. The van der Waals surface area contributed by atoms with Crippen molar-refractivity contribution in [3.8, 4) is 21.6 Å². The Morgan fingerprint density at radius 1 is 0.529 bits per heavy atom. The van der Waals surface area contributed by atoms with Gasteiger partial charge in [0.1, 0.15) is 4.83 Å². The zero-order valence-corrected chi connectivity index (χ0v) is 19.1. The molecule has 0 aliphatic rings. The van der Waals surface area contributed by atoms with Crippen LogP contribution >= 0.6 is 11.3 Å². The molecule has 8 rings (SSSR count). The second-order valence-electron chi connectivity index (χ2n) is 8.96. The van der Waals surface area contributed by atoms with Crippen LogP contribution in [0.3, 0.4) is 0 Å². The van der Waals surface area contributed by atoms with Gasteiger partial charge in [-0.15, -0.1) is 11.3 Å². The molecule has 0 saturated heterocycles. The largest absolute Gasteiger partial charge is 0.299 e. The quantitative estimate of drug-likeness (QED) is 0.248. The van der Waals surface area contributed by atoms with Gasteiger partial charge in [0.25, 0.3) is 0 Å². The Hall–Kier alpha value is -4.14. The van der Waals surface area contributed by atoms with Crippen molar-refractivity contribution in [3.05, 3.63) is 115 Å². The predicted octanol–water partition coefficient (Wildman–Crippen LogP) is 9.39. The van der Waals surface area contributed by atoms with Crippen LogP contribution in [0.4, 0.5) is 0 Å². The molecule has 5 aromatic carbocycles. The minimum Gasteiger partial charge on any atom is -0.299 e. The van der Waals surface area contributed by atoms with E-state index in [0.29, 0.717) is 0 Å². The SMILES string of the molecule is c1ccc(-c2ccccc2-c2cc3c4cccc5ccc6c7ccccc7n(c3s2)c6c54)cc1. The molecule has 2 heteroatoms. The van der Waals surface area contributed by atoms with E-state index in [1.54, 1.807) is 0 Å². The van der Waals surface area contributed by atoms with E-state index in [9.17, 15) is 0 Å². The van der Waals surface area contributed by atoms with Crippen LogP contribution in [0.25, 0.3) is 69.7 Å². The second kappa shape index (κ2) is 6.69. The van der Waals surface area contributed by atoms with Gasteiger partial charge in [0.15, 0.2) is 0 Å². The lowest BCUT2D eigenvalue weighted by molar-refractivity contribution is 1.38. The van der Waals surface area contributed by atoms with Gasteiger partial charge in [0, 0.05) is 26.4 Å². The van der Waals surface area contributed by atoms with Crippen molar-refractivity contribution in [1.82, 2.24) is 4.40 Å². The molecule has 0 atom stereocenters. The standard InChI is InChI=1S/C32H19NS/c1-2-9-20(10-3-1)22-12-4-5-14-24(22)29-19-27-25-15-8-11-21-17-18-26-23-13-6-7-16-28(23)33(32(27)34-29)31(26)30(21)25/h1-19H. The summed E-state index contributed by atoms with van der Waals surface area (Å²) in [6.07, 6.45) is 0. The van der Waals surface area contributed by atoms with Crippen LogP contribution in [0.15, 0.2) is 115 Å². The maximum Gasteiger partial charge on any atom is 0.109 e. The highest BCUT2D eigenvalue weighted by Crippen LogP contribution is 2.46. The number of thiophene rings is 1. The van der Waals surface area contributed by atoms with Crippen LogP contribution in [-0.2, 0) is 0 Å². The number of benzene rings is 5. The number of hydrogen-bond donors (Lipinski definition) is 0. The van der Waals surface area contributed by atoms with Crippen molar-refractivity contribution in [1.29, 1.82) is 0 Å². The first-order valence-corrected chi connectivity index (χ1v) is 12.4. The van der Waals surface area contributed by atoms with Gasteiger partial charge in [-0.25, -0.2) is 0 Å². The van der Waals surface area contributed by atoms with E-state index in [-0.39, 0.29) is 0 Å². The molecule has 0 N–H and O–H groups in total. The number of fused-ring (bicyclic) bond motifs is 6. The number of aromatic nitrogens is 1. The molecule has 34 heavy (non-hydrogen) atoms. The van der Waals surface area contributed by atoms with E-state index in [1.807, 2.05) is 11.3 Å². The Bertz CT molecular complexity index is 2010. The Morgan fingerprint density at radius 3 is 2.21 bits per heavy atom. The third-order valence-corrected chi connectivity index (χ3v) is 8.31.